The fourth-order valence-electron chi connectivity index (χ4n) is 1.72. The number of rotatable bonds is 9. The Kier molecular flexibility index (Phi) is 8.08. The predicted molar refractivity (Wildman–Crippen MR) is 89.4 cm³/mol. The van der Waals surface area contributed by atoms with Crippen molar-refractivity contribution in [3.63, 3.8) is 0 Å². The number of hydrogen-bond acceptors (Lipinski definition) is 3. The molecule has 116 valence electrons. The molecule has 1 aromatic rings. The molecule has 0 aromatic heterocycles. The highest BCUT2D eigenvalue weighted by Gasteiger charge is 2.15. The zero-order chi connectivity index (χ0) is 15.7. The number of hydrogen-bond donors (Lipinski definition) is 2. The van der Waals surface area contributed by atoms with Crippen molar-refractivity contribution in [2.75, 3.05) is 13.1 Å². The van der Waals surface area contributed by atoms with Gasteiger partial charge in [0.25, 0.3) is 5.91 Å². The van der Waals surface area contributed by atoms with Crippen LogP contribution in [0.1, 0.15) is 25.8 Å². The Labute approximate surface area is 135 Å². The molecule has 0 heterocycles. The molecule has 5 heteroatoms. The Morgan fingerprint density at radius 3 is 2.90 bits per heavy atom. The molecule has 0 aliphatic rings. The molecule has 1 unspecified atom stereocenters. The quantitative estimate of drug-likeness (QED) is 0.529. The molecule has 2 N–H and O–H groups in total. The first-order valence-electron chi connectivity index (χ1n) is 7.12. The van der Waals surface area contributed by atoms with E-state index in [0.717, 1.165) is 24.0 Å². The molecule has 0 radical (unpaired) electrons. The van der Waals surface area contributed by atoms with Gasteiger partial charge in [0.05, 0.1) is 4.47 Å². The molecule has 1 amide bonds. The van der Waals surface area contributed by atoms with Crippen LogP contribution in [0.15, 0.2) is 35.3 Å². The highest BCUT2D eigenvalue weighted by atomic mass is 79.9. The summed E-state index contributed by atoms with van der Waals surface area (Å²) in [4.78, 5) is 11.7. The van der Waals surface area contributed by atoms with Crippen LogP contribution in [0.3, 0.4) is 0 Å². The Morgan fingerprint density at radius 1 is 1.52 bits per heavy atom. The summed E-state index contributed by atoms with van der Waals surface area (Å²) in [6, 6.07) is 5.88. The molecule has 1 rings (SSSR count). The van der Waals surface area contributed by atoms with E-state index in [9.17, 15) is 4.79 Å². The number of benzene rings is 1. The number of nitrogens with one attached hydrogen (secondary N) is 2. The van der Waals surface area contributed by atoms with E-state index in [1.54, 1.807) is 13.0 Å². The predicted octanol–water partition coefficient (Wildman–Crippen LogP) is 3.02. The number of carbonyl (C=O) groups is 1. The summed E-state index contributed by atoms with van der Waals surface area (Å²) in [6.45, 7) is 9.68. The Balaban J connectivity index is 2.59. The first-order chi connectivity index (χ1) is 10.1. The topological polar surface area (TPSA) is 50.4 Å². The lowest BCUT2D eigenvalue weighted by Gasteiger charge is -2.16. The van der Waals surface area contributed by atoms with Crippen molar-refractivity contribution >= 4 is 21.8 Å². The first kappa shape index (κ1) is 17.7. The highest BCUT2D eigenvalue weighted by Crippen LogP contribution is 2.27. The maximum atomic E-state index is 11.7. The fourth-order valence-corrected chi connectivity index (χ4v) is 2.24. The van der Waals surface area contributed by atoms with Gasteiger partial charge in [-0.15, -0.1) is 6.58 Å². The van der Waals surface area contributed by atoms with Crippen LogP contribution in [-0.4, -0.2) is 25.1 Å². The zero-order valence-corrected chi connectivity index (χ0v) is 14.2. The Bertz CT molecular complexity index is 477. The van der Waals surface area contributed by atoms with Gasteiger partial charge in [0.1, 0.15) is 5.75 Å². The first-order valence-corrected chi connectivity index (χ1v) is 7.92. The van der Waals surface area contributed by atoms with Crippen LogP contribution in [0.5, 0.6) is 5.75 Å². The summed E-state index contributed by atoms with van der Waals surface area (Å²) in [5.41, 5.74) is 1.17. The van der Waals surface area contributed by atoms with E-state index in [0.29, 0.717) is 12.3 Å². The number of ether oxygens (including phenoxy) is 1. The smallest absolute Gasteiger partial charge is 0.261 e. The second-order valence-electron chi connectivity index (χ2n) is 4.74. The lowest BCUT2D eigenvalue weighted by Crippen LogP contribution is -2.36. The van der Waals surface area contributed by atoms with Crippen LogP contribution >= 0.6 is 15.9 Å². The molecule has 0 aliphatic heterocycles. The van der Waals surface area contributed by atoms with Gasteiger partial charge in [-0.1, -0.05) is 19.1 Å². The standard InChI is InChI=1S/C16H23BrN2O2/c1-4-8-18-11-13-6-7-15(14(17)10-13)21-12(3)16(20)19-9-5-2/h5-7,10,12,18H,2,4,8-9,11H2,1,3H3,(H,19,20). The van der Waals surface area contributed by atoms with Gasteiger partial charge in [0.15, 0.2) is 6.10 Å². The van der Waals surface area contributed by atoms with Gasteiger partial charge in [-0.25, -0.2) is 0 Å². The van der Waals surface area contributed by atoms with Crippen LogP contribution < -0.4 is 15.4 Å². The molecule has 0 spiro atoms. The van der Waals surface area contributed by atoms with Crippen LogP contribution in [0.25, 0.3) is 0 Å². The largest absolute Gasteiger partial charge is 0.480 e. The van der Waals surface area contributed by atoms with Gasteiger partial charge in [0.2, 0.25) is 0 Å². The summed E-state index contributed by atoms with van der Waals surface area (Å²) >= 11 is 3.49. The van der Waals surface area contributed by atoms with Crippen molar-refractivity contribution in [3.8, 4) is 5.75 Å². The van der Waals surface area contributed by atoms with E-state index >= 15 is 0 Å². The SMILES string of the molecule is C=CCNC(=O)C(C)Oc1ccc(CNCCC)cc1Br. The van der Waals surface area contributed by atoms with Crippen molar-refractivity contribution in [3.05, 3.63) is 40.9 Å². The number of halogens is 1. The van der Waals surface area contributed by atoms with Gasteiger partial charge in [-0.05, 0) is 53.5 Å². The van der Waals surface area contributed by atoms with E-state index in [1.807, 2.05) is 18.2 Å². The van der Waals surface area contributed by atoms with Crippen molar-refractivity contribution in [2.45, 2.75) is 32.9 Å². The van der Waals surface area contributed by atoms with Gasteiger partial charge < -0.3 is 15.4 Å². The van der Waals surface area contributed by atoms with Gasteiger partial charge >= 0.3 is 0 Å². The lowest BCUT2D eigenvalue weighted by atomic mass is 10.2. The minimum Gasteiger partial charge on any atom is -0.480 e. The molecule has 0 saturated heterocycles. The van der Waals surface area contributed by atoms with Crippen molar-refractivity contribution in [2.24, 2.45) is 0 Å². The van der Waals surface area contributed by atoms with Gasteiger partial charge in [0, 0.05) is 13.1 Å². The van der Waals surface area contributed by atoms with Crippen LogP contribution in [0.4, 0.5) is 0 Å². The third-order valence-corrected chi connectivity index (χ3v) is 3.47. The van der Waals surface area contributed by atoms with E-state index < -0.39 is 6.10 Å². The Morgan fingerprint density at radius 2 is 2.29 bits per heavy atom. The minimum atomic E-state index is -0.551. The fraction of sp³-hybridized carbons (Fsp3) is 0.438. The zero-order valence-electron chi connectivity index (χ0n) is 12.6. The summed E-state index contributed by atoms with van der Waals surface area (Å²) < 4.78 is 6.52. The highest BCUT2D eigenvalue weighted by molar-refractivity contribution is 9.10. The summed E-state index contributed by atoms with van der Waals surface area (Å²) in [5.74, 6) is 0.506. The van der Waals surface area contributed by atoms with E-state index in [1.165, 1.54) is 5.56 Å². The van der Waals surface area contributed by atoms with Crippen LogP contribution in [0, 0.1) is 0 Å². The minimum absolute atomic E-state index is 0.157. The summed E-state index contributed by atoms with van der Waals surface area (Å²) in [6.07, 6.45) is 2.20. The molecule has 1 aromatic carbocycles. The van der Waals surface area contributed by atoms with Crippen molar-refractivity contribution < 1.29 is 9.53 Å². The average Bonchev–Trinajstić information content (AvgIpc) is 2.47. The molecule has 1 atom stereocenters. The molecular weight excluding hydrogens is 332 g/mol. The second kappa shape index (κ2) is 9.58. The molecule has 4 nitrogen and oxygen atoms in total. The van der Waals surface area contributed by atoms with Gasteiger partial charge in [-0.3, -0.25) is 4.79 Å². The normalized spacial score (nSPS) is 11.8. The molecule has 0 bridgehead atoms. The molecule has 0 fully saturated rings. The Hall–Kier alpha value is -1.33. The summed E-state index contributed by atoms with van der Waals surface area (Å²) in [7, 11) is 0. The molecular formula is C16H23BrN2O2. The monoisotopic (exact) mass is 354 g/mol. The van der Waals surface area contributed by atoms with Gasteiger partial charge in [-0.2, -0.15) is 0 Å². The second-order valence-corrected chi connectivity index (χ2v) is 5.59. The van der Waals surface area contributed by atoms with Crippen LogP contribution in [0.2, 0.25) is 0 Å². The third kappa shape index (κ3) is 6.31. The van der Waals surface area contributed by atoms with E-state index in [2.05, 4.69) is 40.1 Å². The molecule has 0 saturated carbocycles. The van der Waals surface area contributed by atoms with E-state index in [-0.39, 0.29) is 5.91 Å². The van der Waals surface area contributed by atoms with Crippen LogP contribution in [-0.2, 0) is 11.3 Å². The van der Waals surface area contributed by atoms with Crippen molar-refractivity contribution in [1.29, 1.82) is 0 Å². The maximum Gasteiger partial charge on any atom is 0.261 e. The average molecular weight is 355 g/mol. The van der Waals surface area contributed by atoms with E-state index in [4.69, 9.17) is 4.74 Å². The number of amides is 1. The third-order valence-electron chi connectivity index (χ3n) is 2.85. The molecule has 21 heavy (non-hydrogen) atoms. The summed E-state index contributed by atoms with van der Waals surface area (Å²) in [5, 5.41) is 6.06. The van der Waals surface area contributed by atoms with Crippen molar-refractivity contribution in [1.82, 2.24) is 10.6 Å². The maximum absolute atomic E-state index is 11.7. The lowest BCUT2D eigenvalue weighted by molar-refractivity contribution is -0.127. The number of carbonyl (C=O) groups excluding carboxylic acids is 1. The molecule has 0 aliphatic carbocycles.